The summed E-state index contributed by atoms with van der Waals surface area (Å²) in [6.07, 6.45) is 2.89. The molecule has 1 heterocycles. The number of rotatable bonds is 4. The van der Waals surface area contributed by atoms with Crippen molar-refractivity contribution < 1.29 is 4.79 Å². The summed E-state index contributed by atoms with van der Waals surface area (Å²) in [7, 11) is 0. The first kappa shape index (κ1) is 17.4. The van der Waals surface area contributed by atoms with Crippen LogP contribution in [0.15, 0.2) is 36.0 Å². The van der Waals surface area contributed by atoms with Crippen LogP contribution in [0.5, 0.6) is 0 Å². The van der Waals surface area contributed by atoms with E-state index in [1.807, 2.05) is 18.2 Å². The Hall–Kier alpha value is -1.99. The van der Waals surface area contributed by atoms with Gasteiger partial charge in [-0.05, 0) is 36.0 Å². The molecular weight excluding hydrogens is 310 g/mol. The maximum Gasteiger partial charge on any atom is 0.263 e. The fourth-order valence-corrected chi connectivity index (χ4v) is 3.14. The minimum absolute atomic E-state index is 0.153. The van der Waals surface area contributed by atoms with Crippen LogP contribution in [0.1, 0.15) is 25.8 Å². The fourth-order valence-electron chi connectivity index (χ4n) is 3.02. The molecule has 0 aliphatic carbocycles. The van der Waals surface area contributed by atoms with E-state index in [0.717, 1.165) is 18.7 Å². The first-order chi connectivity index (χ1) is 11.0. The lowest BCUT2D eigenvalue weighted by Gasteiger charge is -2.34. The van der Waals surface area contributed by atoms with Crippen molar-refractivity contribution in [3.05, 3.63) is 46.6 Å². The number of likely N-dealkylation sites (tertiary alicyclic amines) is 1. The molecule has 122 valence electrons. The van der Waals surface area contributed by atoms with Crippen LogP contribution in [0, 0.1) is 23.2 Å². The van der Waals surface area contributed by atoms with Crippen molar-refractivity contribution in [3.63, 3.8) is 0 Å². The normalized spacial score (nSPS) is 21.7. The lowest BCUT2D eigenvalue weighted by molar-refractivity contribution is -0.117. The molecule has 1 amide bonds. The van der Waals surface area contributed by atoms with E-state index in [0.29, 0.717) is 23.4 Å². The number of nitrogens with one attached hydrogen (secondary N) is 1. The summed E-state index contributed by atoms with van der Waals surface area (Å²) in [4.78, 5) is 14.3. The first-order valence-electron chi connectivity index (χ1n) is 7.86. The number of carbonyl (C=O) groups is 1. The fraction of sp³-hybridized carbons (Fsp3) is 0.444. The average molecular weight is 332 g/mol. The van der Waals surface area contributed by atoms with Crippen molar-refractivity contribution in [1.29, 1.82) is 5.26 Å². The zero-order valence-corrected chi connectivity index (χ0v) is 14.3. The summed E-state index contributed by atoms with van der Waals surface area (Å²) < 4.78 is 0. The Bertz CT molecular complexity index is 608. The van der Waals surface area contributed by atoms with Crippen LogP contribution in [-0.2, 0) is 11.3 Å². The van der Waals surface area contributed by atoms with E-state index < -0.39 is 0 Å². The van der Waals surface area contributed by atoms with Crippen molar-refractivity contribution >= 4 is 17.5 Å². The number of nitrogens with zero attached hydrogens (tertiary/aromatic N) is 2. The second-order valence-corrected chi connectivity index (χ2v) is 6.80. The third-order valence-electron chi connectivity index (χ3n) is 3.94. The molecule has 1 fully saturated rings. The van der Waals surface area contributed by atoms with Crippen molar-refractivity contribution in [1.82, 2.24) is 10.2 Å². The second-order valence-electron chi connectivity index (χ2n) is 6.36. The molecule has 0 radical (unpaired) electrons. The van der Waals surface area contributed by atoms with Crippen LogP contribution in [-0.4, -0.2) is 23.9 Å². The SMILES string of the molecule is CC1CC(C)CN(/C=C(/C#N)C(=O)NCc2ccc(Cl)cc2)C1. The zero-order valence-electron chi connectivity index (χ0n) is 13.6. The molecule has 1 aromatic carbocycles. The molecule has 2 unspecified atom stereocenters. The van der Waals surface area contributed by atoms with E-state index >= 15 is 0 Å². The first-order valence-corrected chi connectivity index (χ1v) is 8.24. The highest BCUT2D eigenvalue weighted by molar-refractivity contribution is 6.30. The summed E-state index contributed by atoms with van der Waals surface area (Å²) >= 11 is 5.83. The van der Waals surface area contributed by atoms with Crippen molar-refractivity contribution in [2.45, 2.75) is 26.8 Å². The molecule has 0 saturated carbocycles. The molecule has 23 heavy (non-hydrogen) atoms. The van der Waals surface area contributed by atoms with E-state index in [9.17, 15) is 10.1 Å². The number of hydrogen-bond acceptors (Lipinski definition) is 3. The second kappa shape index (κ2) is 8.03. The molecule has 5 heteroatoms. The maximum absolute atomic E-state index is 12.2. The van der Waals surface area contributed by atoms with Crippen molar-refractivity contribution in [2.75, 3.05) is 13.1 Å². The quantitative estimate of drug-likeness (QED) is 0.680. The van der Waals surface area contributed by atoms with Gasteiger partial charge in [-0.1, -0.05) is 37.6 Å². The third kappa shape index (κ3) is 5.30. The Morgan fingerprint density at radius 1 is 1.35 bits per heavy atom. The number of benzene rings is 1. The van der Waals surface area contributed by atoms with Crippen molar-refractivity contribution in [2.24, 2.45) is 11.8 Å². The van der Waals surface area contributed by atoms with Gasteiger partial charge in [-0.3, -0.25) is 4.79 Å². The number of nitriles is 1. The minimum Gasteiger partial charge on any atom is -0.376 e. The van der Waals surface area contributed by atoms with E-state index in [2.05, 4.69) is 24.1 Å². The number of hydrogen-bond donors (Lipinski definition) is 1. The number of piperidine rings is 1. The van der Waals surface area contributed by atoms with E-state index in [4.69, 9.17) is 11.6 Å². The summed E-state index contributed by atoms with van der Waals surface area (Å²) in [5.74, 6) is 0.812. The molecule has 4 nitrogen and oxygen atoms in total. The topological polar surface area (TPSA) is 56.1 Å². The third-order valence-corrected chi connectivity index (χ3v) is 4.19. The molecule has 1 N–H and O–H groups in total. The van der Waals surface area contributed by atoms with Gasteiger partial charge in [-0.15, -0.1) is 0 Å². The van der Waals surface area contributed by atoms with Crippen molar-refractivity contribution in [3.8, 4) is 6.07 Å². The van der Waals surface area contributed by atoms with E-state index in [1.165, 1.54) is 6.42 Å². The van der Waals surface area contributed by atoms with Crippen LogP contribution in [0.2, 0.25) is 5.02 Å². The van der Waals surface area contributed by atoms with Gasteiger partial charge in [0.05, 0.1) is 0 Å². The van der Waals surface area contributed by atoms with Gasteiger partial charge in [-0.2, -0.15) is 5.26 Å². The molecule has 1 aliphatic heterocycles. The Morgan fingerprint density at radius 2 is 1.96 bits per heavy atom. The summed E-state index contributed by atoms with van der Waals surface area (Å²) in [5, 5.41) is 12.7. The molecule has 2 rings (SSSR count). The number of halogens is 1. The maximum atomic E-state index is 12.2. The van der Waals surface area contributed by atoms with Gasteiger partial charge < -0.3 is 10.2 Å². The largest absolute Gasteiger partial charge is 0.376 e. The molecular formula is C18H22ClN3O. The molecule has 1 saturated heterocycles. The summed E-state index contributed by atoms with van der Waals surface area (Å²) in [6, 6.07) is 9.27. The molecule has 1 aliphatic rings. The van der Waals surface area contributed by atoms with Crippen LogP contribution in [0.4, 0.5) is 0 Å². The summed E-state index contributed by atoms with van der Waals surface area (Å²) in [5.41, 5.74) is 1.10. The van der Waals surface area contributed by atoms with Gasteiger partial charge in [0, 0.05) is 30.9 Å². The van der Waals surface area contributed by atoms with E-state index in [-0.39, 0.29) is 11.5 Å². The van der Waals surface area contributed by atoms with Crippen LogP contribution >= 0.6 is 11.6 Å². The Labute approximate surface area is 142 Å². The Kier molecular flexibility index (Phi) is 6.06. The number of carbonyl (C=O) groups excluding carboxylic acids is 1. The molecule has 0 spiro atoms. The minimum atomic E-state index is -0.340. The molecule has 0 aromatic heterocycles. The van der Waals surface area contributed by atoms with Gasteiger partial charge in [-0.25, -0.2) is 0 Å². The number of amides is 1. The van der Waals surface area contributed by atoms with E-state index in [1.54, 1.807) is 18.3 Å². The summed E-state index contributed by atoms with van der Waals surface area (Å²) in [6.45, 7) is 6.55. The standard InChI is InChI=1S/C18H22ClN3O/c1-13-7-14(2)11-22(10-13)12-16(8-20)18(23)21-9-15-3-5-17(19)6-4-15/h3-6,12-14H,7,9-11H2,1-2H3,(H,21,23)/b16-12-. The highest BCUT2D eigenvalue weighted by Gasteiger charge is 2.21. The zero-order chi connectivity index (χ0) is 16.8. The molecule has 1 aromatic rings. The highest BCUT2D eigenvalue weighted by Crippen LogP contribution is 2.21. The van der Waals surface area contributed by atoms with Gasteiger partial charge >= 0.3 is 0 Å². The lowest BCUT2D eigenvalue weighted by Crippen LogP contribution is -2.36. The highest BCUT2D eigenvalue weighted by atomic mass is 35.5. The van der Waals surface area contributed by atoms with Gasteiger partial charge in [0.25, 0.3) is 5.91 Å². The lowest BCUT2D eigenvalue weighted by atomic mass is 9.92. The predicted octanol–water partition coefficient (Wildman–Crippen LogP) is 3.34. The van der Waals surface area contributed by atoms with Crippen LogP contribution in [0.25, 0.3) is 0 Å². The smallest absolute Gasteiger partial charge is 0.263 e. The molecule has 2 atom stereocenters. The Balaban J connectivity index is 1.96. The van der Waals surface area contributed by atoms with Gasteiger partial charge in [0.2, 0.25) is 0 Å². The Morgan fingerprint density at radius 3 is 2.52 bits per heavy atom. The van der Waals surface area contributed by atoms with Crippen LogP contribution < -0.4 is 5.32 Å². The monoisotopic (exact) mass is 331 g/mol. The van der Waals surface area contributed by atoms with Gasteiger partial charge in [0.15, 0.2) is 0 Å². The average Bonchev–Trinajstić information content (AvgIpc) is 2.51. The van der Waals surface area contributed by atoms with Crippen LogP contribution in [0.3, 0.4) is 0 Å². The van der Waals surface area contributed by atoms with Gasteiger partial charge in [0.1, 0.15) is 11.6 Å². The predicted molar refractivity (Wildman–Crippen MR) is 91.5 cm³/mol. The molecule has 0 bridgehead atoms.